The van der Waals surface area contributed by atoms with Crippen molar-refractivity contribution >= 4 is 36.0 Å². The molecule has 2 fully saturated rings. The Kier molecular flexibility index (Phi) is 6.56. The van der Waals surface area contributed by atoms with E-state index in [1.54, 1.807) is 0 Å². The second kappa shape index (κ2) is 8.48. The van der Waals surface area contributed by atoms with Crippen molar-refractivity contribution in [2.75, 3.05) is 18.9 Å². The smallest absolute Gasteiger partial charge is 0.457 e. The van der Waals surface area contributed by atoms with E-state index in [0.29, 0.717) is 0 Å². The van der Waals surface area contributed by atoms with Gasteiger partial charge in [-0.3, -0.25) is 9.36 Å². The minimum absolute atomic E-state index is 0.00701. The molecule has 0 amide bonds. The number of nitrogens with zero attached hydrogens (tertiary/aromatic N) is 2. The van der Waals surface area contributed by atoms with E-state index in [2.05, 4.69) is 17.9 Å². The van der Waals surface area contributed by atoms with Crippen LogP contribution in [0, 0.1) is 0 Å². The van der Waals surface area contributed by atoms with E-state index in [4.69, 9.17) is 19.7 Å². The summed E-state index contributed by atoms with van der Waals surface area (Å²) in [6.45, 7) is 0.644. The molecule has 15 nitrogen and oxygen atoms in total. The second-order valence-electron chi connectivity index (χ2n) is 5.76. The Morgan fingerprint density at radius 1 is 1.41 bits per heavy atom. The van der Waals surface area contributed by atoms with Crippen molar-refractivity contribution in [1.29, 1.82) is 0 Å². The monoisotopic (exact) mass is 475 g/mol. The molecule has 0 saturated carbocycles. The Balaban J connectivity index is 1.73. The van der Waals surface area contributed by atoms with Crippen LogP contribution in [0.2, 0.25) is 0 Å². The first-order valence-electron chi connectivity index (χ1n) is 7.79. The Morgan fingerprint density at radius 2 is 2.07 bits per heavy atom. The lowest BCUT2D eigenvalue weighted by molar-refractivity contribution is -0.151. The Labute approximate surface area is 163 Å². The lowest BCUT2D eigenvalue weighted by atomic mass is 10.1. The van der Waals surface area contributed by atoms with Crippen LogP contribution >= 0.6 is 24.2 Å². The van der Waals surface area contributed by atoms with Crippen LogP contribution in [-0.4, -0.2) is 50.7 Å². The summed E-state index contributed by atoms with van der Waals surface area (Å²) in [7, 11) is -12.5. The number of esters is 1. The minimum Gasteiger partial charge on any atom is -0.457 e. The van der Waals surface area contributed by atoms with Gasteiger partial charge in [0, 0.05) is 13.1 Å². The molecule has 2 aliphatic heterocycles. The molecule has 0 radical (unpaired) electrons. The highest BCUT2D eigenvalue weighted by Crippen LogP contribution is 2.76. The predicted octanol–water partition coefficient (Wildman–Crippen LogP) is 0.205. The van der Waals surface area contributed by atoms with Gasteiger partial charge in [-0.05, 0) is 6.07 Å². The normalized spacial score (nSPS) is 37.3. The third-order valence-corrected chi connectivity index (χ3v) is 8.36. The molecule has 0 aromatic carbocycles. The number of hydrogen-bond donors (Lipinski definition) is 3. The Bertz CT molecular complexity index is 915. The lowest BCUT2D eigenvalue weighted by Gasteiger charge is -2.28. The average molecular weight is 475 g/mol. The molecule has 0 aliphatic carbocycles. The topological polar surface area (TPSA) is 208 Å². The Morgan fingerprint density at radius 3 is 2.66 bits per heavy atom. The van der Waals surface area contributed by atoms with E-state index < -0.39 is 60.8 Å². The zero-order chi connectivity index (χ0) is 21.4. The van der Waals surface area contributed by atoms with Crippen LogP contribution in [0.4, 0.5) is 5.82 Å². The van der Waals surface area contributed by atoms with Gasteiger partial charge in [0.1, 0.15) is 18.0 Å². The van der Waals surface area contributed by atoms with Gasteiger partial charge in [0.15, 0.2) is 6.10 Å². The van der Waals surface area contributed by atoms with Crippen LogP contribution in [-0.2, 0) is 40.9 Å². The molecule has 2 aliphatic rings. The first-order chi connectivity index (χ1) is 13.5. The number of phosphoric acid groups is 2. The number of carbonyl (C=O) groups excluding carboxylic acids is 1. The fraction of sp³-hybridized carbons (Fsp3) is 0.545. The zero-order valence-corrected chi connectivity index (χ0v) is 17.3. The summed E-state index contributed by atoms with van der Waals surface area (Å²) in [4.78, 5) is 45.7. The molecule has 1 aromatic rings. The van der Waals surface area contributed by atoms with Crippen LogP contribution < -0.4 is 11.4 Å². The first kappa shape index (κ1) is 22.4. The maximum Gasteiger partial charge on any atom is 0.488 e. The standard InChI is InChI=1S/C11H16N3O12P3/c1-6(15)23-10-7(14-3-2-9(12)13-11(14)16)4-21-8(10)5-22-27-24-28(17,18)26-29(19,20)25-27/h2-3,7-8,10H,4-5H2,1H3,(H,17,18)(H,19,20)(H2,12,13,16)/t7-,8-,10+/m0/s1. The highest BCUT2D eigenvalue weighted by atomic mass is 31.3. The largest absolute Gasteiger partial charge is 0.488 e. The van der Waals surface area contributed by atoms with Gasteiger partial charge in [0.2, 0.25) is 0 Å². The van der Waals surface area contributed by atoms with Crippen molar-refractivity contribution in [1.82, 2.24) is 9.55 Å². The van der Waals surface area contributed by atoms with Crippen molar-refractivity contribution in [3.63, 3.8) is 0 Å². The van der Waals surface area contributed by atoms with Crippen LogP contribution in [0.3, 0.4) is 0 Å². The Hall–Kier alpha value is -1.24. The molecular weight excluding hydrogens is 459 g/mol. The van der Waals surface area contributed by atoms with Crippen molar-refractivity contribution in [3.8, 4) is 0 Å². The number of hydrogen-bond acceptors (Lipinski definition) is 12. The molecule has 1 aromatic heterocycles. The number of anilines is 1. The van der Waals surface area contributed by atoms with Gasteiger partial charge in [0.05, 0.1) is 13.2 Å². The number of nitrogen functional groups attached to an aromatic ring is 1. The van der Waals surface area contributed by atoms with Gasteiger partial charge in [-0.2, -0.15) is 9.29 Å². The average Bonchev–Trinajstić information content (AvgIpc) is 2.92. The van der Waals surface area contributed by atoms with Gasteiger partial charge in [-0.25, -0.2) is 22.5 Å². The molecular formula is C11H16N3O12P3. The second-order valence-corrected chi connectivity index (χ2v) is 10.3. The van der Waals surface area contributed by atoms with Crippen LogP contribution in [0.25, 0.3) is 0 Å². The summed E-state index contributed by atoms with van der Waals surface area (Å²) >= 11 is 0. The lowest BCUT2D eigenvalue weighted by Crippen LogP contribution is -2.39. The summed E-state index contributed by atoms with van der Waals surface area (Å²) in [5.41, 5.74) is 4.77. The van der Waals surface area contributed by atoms with E-state index in [1.165, 1.54) is 16.8 Å². The number of nitrogens with two attached hydrogens (primary N) is 1. The SMILES string of the molecule is CC(=O)O[C@H]1[C@H](COP2OP(=O)(O)OP(=O)(O)O2)OC[C@@H]1n1ccc(N)nc1=O. The number of carbonyl (C=O) groups is 1. The molecule has 4 N–H and O–H groups in total. The minimum atomic E-state index is -4.86. The van der Waals surface area contributed by atoms with Crippen molar-refractivity contribution in [2.45, 2.75) is 25.2 Å². The fourth-order valence-corrected chi connectivity index (χ4v) is 6.79. The van der Waals surface area contributed by atoms with Crippen LogP contribution in [0.1, 0.15) is 13.0 Å². The fourth-order valence-electron chi connectivity index (χ4n) is 2.59. The van der Waals surface area contributed by atoms with Crippen LogP contribution in [0.5, 0.6) is 0 Å². The van der Waals surface area contributed by atoms with Crippen molar-refractivity contribution in [2.24, 2.45) is 0 Å². The molecule has 2 saturated heterocycles. The van der Waals surface area contributed by atoms with Gasteiger partial charge in [0.25, 0.3) is 0 Å². The molecule has 0 spiro atoms. The summed E-state index contributed by atoms with van der Waals surface area (Å²) < 4.78 is 52.7. The van der Waals surface area contributed by atoms with Gasteiger partial charge < -0.3 is 29.5 Å². The first-order valence-corrected chi connectivity index (χ1v) is 11.9. The van der Waals surface area contributed by atoms with E-state index in [9.17, 15) is 28.5 Å². The highest BCUT2D eigenvalue weighted by Gasteiger charge is 2.49. The molecule has 3 heterocycles. The maximum absolute atomic E-state index is 12.1. The summed E-state index contributed by atoms with van der Waals surface area (Å²) in [6, 6.07) is 0.603. The maximum atomic E-state index is 12.1. The van der Waals surface area contributed by atoms with Crippen molar-refractivity contribution < 1.29 is 50.6 Å². The summed E-state index contributed by atoms with van der Waals surface area (Å²) in [5, 5.41) is 0. The van der Waals surface area contributed by atoms with Crippen LogP contribution in [0.15, 0.2) is 17.1 Å². The number of aromatic nitrogens is 2. The summed E-state index contributed by atoms with van der Waals surface area (Å²) in [6.07, 6.45) is -0.632. The van der Waals surface area contributed by atoms with E-state index >= 15 is 0 Å². The zero-order valence-electron chi connectivity index (χ0n) is 14.6. The third kappa shape index (κ3) is 5.68. The highest BCUT2D eigenvalue weighted by molar-refractivity contribution is 7.72. The molecule has 162 valence electrons. The quantitative estimate of drug-likeness (QED) is 0.384. The van der Waals surface area contributed by atoms with Gasteiger partial charge in [-0.15, -0.1) is 0 Å². The molecule has 5 atom stereocenters. The predicted molar refractivity (Wildman–Crippen MR) is 93.0 cm³/mol. The van der Waals surface area contributed by atoms with Gasteiger partial charge >= 0.3 is 35.9 Å². The van der Waals surface area contributed by atoms with E-state index in [1.807, 2.05) is 0 Å². The molecule has 18 heteroatoms. The summed E-state index contributed by atoms with van der Waals surface area (Å²) in [5.74, 6) is -0.663. The van der Waals surface area contributed by atoms with E-state index in [-0.39, 0.29) is 12.4 Å². The molecule has 0 bridgehead atoms. The van der Waals surface area contributed by atoms with Crippen molar-refractivity contribution in [3.05, 3.63) is 22.7 Å². The third-order valence-electron chi connectivity index (χ3n) is 3.63. The molecule has 2 unspecified atom stereocenters. The number of rotatable bonds is 5. The number of ether oxygens (including phenoxy) is 2. The van der Waals surface area contributed by atoms with E-state index in [0.717, 1.165) is 6.92 Å². The van der Waals surface area contributed by atoms with Gasteiger partial charge in [-0.1, -0.05) is 0 Å². The molecule has 3 rings (SSSR count). The molecule has 29 heavy (non-hydrogen) atoms.